The summed E-state index contributed by atoms with van der Waals surface area (Å²) in [5.74, 6) is 0. The van der Waals surface area contributed by atoms with E-state index < -0.39 is 0 Å². The summed E-state index contributed by atoms with van der Waals surface area (Å²) in [4.78, 5) is 0. The van der Waals surface area contributed by atoms with Crippen LogP contribution in [0.5, 0.6) is 0 Å². The largest absolute Gasteiger partial charge is 0.394 e. The number of hydrogen-bond acceptors (Lipinski definition) is 4. The number of nitrogens with one attached hydrogen (secondary N) is 1. The van der Waals surface area contributed by atoms with Crippen molar-refractivity contribution in [3.05, 3.63) is 0 Å². The van der Waals surface area contributed by atoms with Crippen LogP contribution >= 0.6 is 0 Å². The van der Waals surface area contributed by atoms with Gasteiger partial charge in [0, 0.05) is 20.3 Å². The highest BCUT2D eigenvalue weighted by atomic mass is 16.5. The lowest BCUT2D eigenvalue weighted by Gasteiger charge is -2.36. The van der Waals surface area contributed by atoms with E-state index in [1.54, 1.807) is 7.11 Å². The van der Waals surface area contributed by atoms with Gasteiger partial charge in [0.1, 0.15) is 0 Å². The van der Waals surface area contributed by atoms with Gasteiger partial charge in [-0.1, -0.05) is 0 Å². The molecule has 1 saturated heterocycles. The van der Waals surface area contributed by atoms with Crippen LogP contribution in [0, 0.1) is 0 Å². The first-order valence-electron chi connectivity index (χ1n) is 4.75. The van der Waals surface area contributed by atoms with Crippen LogP contribution in [0.3, 0.4) is 0 Å². The first-order valence-corrected chi connectivity index (χ1v) is 4.75. The molecule has 0 aromatic rings. The van der Waals surface area contributed by atoms with Crippen LogP contribution in [0.1, 0.15) is 12.8 Å². The van der Waals surface area contributed by atoms with E-state index in [4.69, 9.17) is 9.47 Å². The number of methoxy groups -OCH3 is 1. The first-order chi connectivity index (χ1) is 6.33. The number of aliphatic hydroxyl groups is 1. The van der Waals surface area contributed by atoms with Crippen molar-refractivity contribution >= 4 is 0 Å². The van der Waals surface area contributed by atoms with Crippen molar-refractivity contribution in [1.29, 1.82) is 0 Å². The zero-order valence-corrected chi connectivity index (χ0v) is 8.21. The van der Waals surface area contributed by atoms with Gasteiger partial charge in [0.15, 0.2) is 0 Å². The zero-order valence-electron chi connectivity index (χ0n) is 8.21. The van der Waals surface area contributed by atoms with Crippen molar-refractivity contribution < 1.29 is 14.6 Å². The molecule has 0 radical (unpaired) electrons. The number of rotatable bonds is 5. The van der Waals surface area contributed by atoms with Gasteiger partial charge in [-0.25, -0.2) is 0 Å². The Hall–Kier alpha value is -0.160. The topological polar surface area (TPSA) is 50.7 Å². The third-order valence-electron chi connectivity index (χ3n) is 2.43. The molecule has 0 amide bonds. The van der Waals surface area contributed by atoms with Gasteiger partial charge in [0.25, 0.3) is 0 Å². The van der Waals surface area contributed by atoms with Gasteiger partial charge < -0.3 is 19.9 Å². The summed E-state index contributed by atoms with van der Waals surface area (Å²) in [7, 11) is 1.67. The van der Waals surface area contributed by atoms with Crippen molar-refractivity contribution in [2.75, 3.05) is 40.1 Å². The molecule has 4 nitrogen and oxygen atoms in total. The average molecular weight is 189 g/mol. The highest BCUT2D eigenvalue weighted by Crippen LogP contribution is 2.17. The molecule has 1 rings (SSSR count). The first kappa shape index (κ1) is 10.9. The molecule has 1 heterocycles. The van der Waals surface area contributed by atoms with Gasteiger partial charge in [-0.05, 0) is 12.8 Å². The summed E-state index contributed by atoms with van der Waals surface area (Å²) in [5, 5.41) is 12.5. The molecule has 78 valence electrons. The maximum absolute atomic E-state index is 9.26. The van der Waals surface area contributed by atoms with Gasteiger partial charge in [-0.15, -0.1) is 0 Å². The highest BCUT2D eigenvalue weighted by Gasteiger charge is 2.31. The Morgan fingerprint density at radius 2 is 2.46 bits per heavy atom. The Balaban J connectivity index is 2.29. The fourth-order valence-electron chi connectivity index (χ4n) is 1.59. The molecule has 1 aliphatic heterocycles. The summed E-state index contributed by atoms with van der Waals surface area (Å²) < 4.78 is 10.3. The maximum Gasteiger partial charge on any atom is 0.0670 e. The van der Waals surface area contributed by atoms with Gasteiger partial charge in [0.05, 0.1) is 25.4 Å². The van der Waals surface area contributed by atoms with Crippen molar-refractivity contribution in [1.82, 2.24) is 5.32 Å². The van der Waals surface area contributed by atoms with Crippen LogP contribution in [-0.2, 0) is 9.47 Å². The Morgan fingerprint density at radius 3 is 3.00 bits per heavy atom. The van der Waals surface area contributed by atoms with Gasteiger partial charge >= 0.3 is 0 Å². The maximum atomic E-state index is 9.26. The second kappa shape index (κ2) is 5.54. The smallest absolute Gasteiger partial charge is 0.0670 e. The van der Waals surface area contributed by atoms with E-state index in [1.165, 1.54) is 0 Å². The molecule has 13 heavy (non-hydrogen) atoms. The van der Waals surface area contributed by atoms with E-state index in [0.717, 1.165) is 26.0 Å². The van der Waals surface area contributed by atoms with Crippen LogP contribution in [-0.4, -0.2) is 50.7 Å². The van der Waals surface area contributed by atoms with Crippen LogP contribution in [0.4, 0.5) is 0 Å². The quantitative estimate of drug-likeness (QED) is 0.586. The van der Waals surface area contributed by atoms with Crippen LogP contribution in [0.15, 0.2) is 0 Å². The molecular weight excluding hydrogens is 170 g/mol. The summed E-state index contributed by atoms with van der Waals surface area (Å²) in [6.45, 7) is 2.99. The lowest BCUT2D eigenvalue weighted by molar-refractivity contribution is -0.00957. The lowest BCUT2D eigenvalue weighted by atomic mass is 9.93. The van der Waals surface area contributed by atoms with Crippen molar-refractivity contribution in [3.8, 4) is 0 Å². The molecule has 0 spiro atoms. The molecule has 0 saturated carbocycles. The molecule has 1 aliphatic rings. The Morgan fingerprint density at radius 1 is 1.62 bits per heavy atom. The van der Waals surface area contributed by atoms with Gasteiger partial charge in [0.2, 0.25) is 0 Å². The Bertz CT molecular complexity index is 135. The van der Waals surface area contributed by atoms with E-state index in [9.17, 15) is 5.11 Å². The number of aliphatic hydroxyl groups excluding tert-OH is 1. The number of ether oxygens (including phenoxy) is 2. The molecule has 1 atom stereocenters. The second-order valence-corrected chi connectivity index (χ2v) is 3.51. The normalized spacial score (nSPS) is 29.1. The van der Waals surface area contributed by atoms with Crippen molar-refractivity contribution in [2.45, 2.75) is 18.4 Å². The minimum absolute atomic E-state index is 0.136. The van der Waals surface area contributed by atoms with E-state index in [1.807, 2.05) is 0 Å². The lowest BCUT2D eigenvalue weighted by Crippen LogP contribution is -2.55. The predicted octanol–water partition coefficient (Wildman–Crippen LogP) is -0.236. The number of hydrogen-bond donors (Lipinski definition) is 2. The molecule has 0 aromatic heterocycles. The SMILES string of the molecule is COCCNC1(CO)CCCOC1. The minimum Gasteiger partial charge on any atom is -0.394 e. The highest BCUT2D eigenvalue weighted by molar-refractivity contribution is 4.89. The Labute approximate surface area is 79.2 Å². The molecule has 0 bridgehead atoms. The molecule has 4 heteroatoms. The van der Waals surface area contributed by atoms with E-state index in [-0.39, 0.29) is 12.1 Å². The fourth-order valence-corrected chi connectivity index (χ4v) is 1.59. The fraction of sp³-hybridized carbons (Fsp3) is 1.00. The summed E-state index contributed by atoms with van der Waals surface area (Å²) in [6.07, 6.45) is 1.99. The minimum atomic E-state index is -0.225. The van der Waals surface area contributed by atoms with Crippen LogP contribution < -0.4 is 5.32 Å². The van der Waals surface area contributed by atoms with E-state index >= 15 is 0 Å². The molecule has 1 unspecified atom stereocenters. The second-order valence-electron chi connectivity index (χ2n) is 3.51. The summed E-state index contributed by atoms with van der Waals surface area (Å²) in [6, 6.07) is 0. The molecule has 0 aromatic carbocycles. The van der Waals surface area contributed by atoms with E-state index in [0.29, 0.717) is 13.2 Å². The predicted molar refractivity (Wildman–Crippen MR) is 49.7 cm³/mol. The van der Waals surface area contributed by atoms with Gasteiger partial charge in [-0.3, -0.25) is 0 Å². The summed E-state index contributed by atoms with van der Waals surface area (Å²) >= 11 is 0. The standard InChI is InChI=1S/C9H19NO3/c1-12-6-4-10-9(7-11)3-2-5-13-8-9/h10-11H,2-8H2,1H3. The Kier molecular flexibility index (Phi) is 4.66. The zero-order chi connectivity index (χ0) is 9.57. The van der Waals surface area contributed by atoms with Crippen molar-refractivity contribution in [3.63, 3.8) is 0 Å². The van der Waals surface area contributed by atoms with Crippen molar-refractivity contribution in [2.24, 2.45) is 0 Å². The molecule has 1 fully saturated rings. The van der Waals surface area contributed by atoms with E-state index in [2.05, 4.69) is 5.32 Å². The van der Waals surface area contributed by atoms with Crippen LogP contribution in [0.2, 0.25) is 0 Å². The average Bonchev–Trinajstić information content (AvgIpc) is 2.20. The third kappa shape index (κ3) is 3.23. The molecule has 2 N–H and O–H groups in total. The molecule has 0 aliphatic carbocycles. The van der Waals surface area contributed by atoms with Crippen LogP contribution in [0.25, 0.3) is 0 Å². The monoisotopic (exact) mass is 189 g/mol. The third-order valence-corrected chi connectivity index (χ3v) is 2.43. The summed E-state index contributed by atoms with van der Waals surface area (Å²) in [5.41, 5.74) is -0.225. The molecular formula is C9H19NO3. The van der Waals surface area contributed by atoms with Gasteiger partial charge in [-0.2, -0.15) is 0 Å².